The molecule has 1 amide bonds. The lowest BCUT2D eigenvalue weighted by Gasteiger charge is -2.28. The third-order valence-electron chi connectivity index (χ3n) is 4.78. The van der Waals surface area contributed by atoms with E-state index in [2.05, 4.69) is 4.98 Å². The van der Waals surface area contributed by atoms with Gasteiger partial charge in [-0.05, 0) is 18.1 Å². The fraction of sp³-hybridized carbons (Fsp3) is 0.368. The number of benzene rings is 1. The lowest BCUT2D eigenvalue weighted by Crippen LogP contribution is -2.46. The number of amides is 1. The largest absolute Gasteiger partial charge is 0.448 e. The summed E-state index contributed by atoms with van der Waals surface area (Å²) in [6, 6.07) is 6.87. The molecule has 0 unspecified atom stereocenters. The maximum atomic E-state index is 12.9. The molecule has 148 valence electrons. The molecule has 0 saturated carbocycles. The molecule has 9 heteroatoms. The molecule has 0 saturated heterocycles. The predicted octanol–water partition coefficient (Wildman–Crippen LogP) is 0.663. The van der Waals surface area contributed by atoms with Gasteiger partial charge in [0.05, 0.1) is 5.56 Å². The molecule has 0 radical (unpaired) electrons. The number of likely N-dealkylation sites (N-methyl/N-ethyl adjacent to an activating group) is 1. The maximum Gasteiger partial charge on any atom is 0.339 e. The number of fused-ring (bicyclic) bond motifs is 1. The van der Waals surface area contributed by atoms with Gasteiger partial charge in [0.1, 0.15) is 5.82 Å². The fourth-order valence-electron chi connectivity index (χ4n) is 3.24. The van der Waals surface area contributed by atoms with E-state index < -0.39 is 29.2 Å². The van der Waals surface area contributed by atoms with Crippen LogP contribution in [0.3, 0.4) is 0 Å². The first-order chi connectivity index (χ1) is 13.3. The van der Waals surface area contributed by atoms with Gasteiger partial charge in [0.15, 0.2) is 11.8 Å². The number of H-pyrrole nitrogens is 1. The first-order valence-corrected chi connectivity index (χ1v) is 9.04. The molecule has 2 heterocycles. The summed E-state index contributed by atoms with van der Waals surface area (Å²) in [5, 5.41) is 0. The zero-order chi connectivity index (χ0) is 20.4. The van der Waals surface area contributed by atoms with Crippen LogP contribution in [-0.4, -0.2) is 34.6 Å². The Labute approximate surface area is 160 Å². The monoisotopic (exact) mass is 386 g/mol. The van der Waals surface area contributed by atoms with E-state index in [-0.39, 0.29) is 17.9 Å². The first kappa shape index (κ1) is 19.4. The number of carbonyl (C=O) groups is 2. The van der Waals surface area contributed by atoms with Crippen LogP contribution < -0.4 is 21.9 Å². The van der Waals surface area contributed by atoms with E-state index in [1.54, 1.807) is 24.3 Å². The highest BCUT2D eigenvalue weighted by Crippen LogP contribution is 2.24. The Morgan fingerprint density at radius 1 is 1.32 bits per heavy atom. The summed E-state index contributed by atoms with van der Waals surface area (Å²) in [6.07, 6.45) is 0.622. The first-order valence-electron chi connectivity index (χ1n) is 9.04. The standard InChI is InChI=1S/C19H22N4O5/c1-3-4-9-23-15(20)14(16(24)21-19(23)27)22(2)17(25)13-10-11-7-5-6-8-12(11)18(26)28-13/h5-8,13H,3-4,9-10,20H2,1-2H3,(H,21,24,27)/t13-/m0/s1. The van der Waals surface area contributed by atoms with Crippen LogP contribution in [0.2, 0.25) is 0 Å². The van der Waals surface area contributed by atoms with E-state index in [0.29, 0.717) is 24.1 Å². The van der Waals surface area contributed by atoms with Gasteiger partial charge < -0.3 is 15.4 Å². The molecule has 0 fully saturated rings. The molecule has 1 aromatic heterocycles. The van der Waals surface area contributed by atoms with Gasteiger partial charge in [-0.1, -0.05) is 31.5 Å². The second kappa shape index (κ2) is 7.71. The van der Waals surface area contributed by atoms with Crippen LogP contribution >= 0.6 is 0 Å². The van der Waals surface area contributed by atoms with E-state index >= 15 is 0 Å². The third-order valence-corrected chi connectivity index (χ3v) is 4.78. The summed E-state index contributed by atoms with van der Waals surface area (Å²) in [7, 11) is 1.37. The predicted molar refractivity (Wildman–Crippen MR) is 103 cm³/mol. The van der Waals surface area contributed by atoms with Crippen molar-refractivity contribution in [3.63, 3.8) is 0 Å². The molecule has 0 spiro atoms. The highest BCUT2D eigenvalue weighted by Gasteiger charge is 2.34. The Balaban J connectivity index is 1.93. The van der Waals surface area contributed by atoms with Crippen LogP contribution in [0.25, 0.3) is 0 Å². The van der Waals surface area contributed by atoms with Gasteiger partial charge in [0.2, 0.25) is 0 Å². The number of hydrogen-bond donors (Lipinski definition) is 2. The summed E-state index contributed by atoms with van der Waals surface area (Å²) in [4.78, 5) is 52.7. The Bertz CT molecular complexity index is 1040. The zero-order valence-corrected chi connectivity index (χ0v) is 15.7. The number of unbranched alkanes of at least 4 members (excludes halogenated alkanes) is 1. The van der Waals surface area contributed by atoms with Crippen LogP contribution in [-0.2, 0) is 22.5 Å². The number of cyclic esters (lactones) is 1. The van der Waals surface area contributed by atoms with Gasteiger partial charge >= 0.3 is 11.7 Å². The highest BCUT2D eigenvalue weighted by atomic mass is 16.5. The van der Waals surface area contributed by atoms with Crippen molar-refractivity contribution >= 4 is 23.4 Å². The molecular formula is C19H22N4O5. The van der Waals surface area contributed by atoms with Crippen LogP contribution in [0.1, 0.15) is 35.7 Å². The molecule has 3 rings (SSSR count). The molecular weight excluding hydrogens is 364 g/mol. The molecule has 2 aromatic rings. The van der Waals surface area contributed by atoms with Crippen LogP contribution in [0, 0.1) is 0 Å². The van der Waals surface area contributed by atoms with Gasteiger partial charge in [-0.2, -0.15) is 0 Å². The van der Waals surface area contributed by atoms with E-state index in [1.807, 2.05) is 6.92 Å². The minimum atomic E-state index is -1.08. The quantitative estimate of drug-likeness (QED) is 0.727. The number of nitrogens with two attached hydrogens (primary N) is 1. The van der Waals surface area contributed by atoms with E-state index in [0.717, 1.165) is 11.3 Å². The summed E-state index contributed by atoms with van der Waals surface area (Å²) in [5.74, 6) is -1.29. The van der Waals surface area contributed by atoms with E-state index in [4.69, 9.17) is 10.5 Å². The van der Waals surface area contributed by atoms with Gasteiger partial charge in [0, 0.05) is 20.0 Å². The van der Waals surface area contributed by atoms with Crippen molar-refractivity contribution in [2.45, 2.75) is 38.8 Å². The number of rotatable bonds is 5. The molecule has 1 aromatic carbocycles. The summed E-state index contributed by atoms with van der Waals surface area (Å²) in [6.45, 7) is 2.28. The average Bonchev–Trinajstić information content (AvgIpc) is 2.67. The Kier molecular flexibility index (Phi) is 5.34. The number of aromatic nitrogens is 2. The second-order valence-corrected chi connectivity index (χ2v) is 6.65. The minimum absolute atomic E-state index is 0.0967. The van der Waals surface area contributed by atoms with Crippen LogP contribution in [0.4, 0.5) is 11.5 Å². The summed E-state index contributed by atoms with van der Waals surface area (Å²) in [5.41, 5.74) is 5.61. The van der Waals surface area contributed by atoms with Crippen LogP contribution in [0.5, 0.6) is 0 Å². The molecule has 0 bridgehead atoms. The maximum absolute atomic E-state index is 12.9. The van der Waals surface area contributed by atoms with E-state index in [9.17, 15) is 19.2 Å². The summed E-state index contributed by atoms with van der Waals surface area (Å²) >= 11 is 0. The molecule has 9 nitrogen and oxygen atoms in total. The van der Waals surface area contributed by atoms with Gasteiger partial charge in [0.25, 0.3) is 11.5 Å². The van der Waals surface area contributed by atoms with Crippen molar-refractivity contribution in [3.8, 4) is 0 Å². The van der Waals surface area contributed by atoms with Gasteiger partial charge in [-0.25, -0.2) is 9.59 Å². The number of ether oxygens (including phenoxy) is 1. The van der Waals surface area contributed by atoms with Crippen LogP contribution in [0.15, 0.2) is 33.9 Å². The number of carbonyl (C=O) groups excluding carboxylic acids is 2. The lowest BCUT2D eigenvalue weighted by atomic mass is 9.98. The second-order valence-electron chi connectivity index (χ2n) is 6.65. The molecule has 1 aliphatic heterocycles. The van der Waals surface area contributed by atoms with Crippen molar-refractivity contribution in [3.05, 3.63) is 56.2 Å². The molecule has 1 aliphatic rings. The van der Waals surface area contributed by atoms with Crippen molar-refractivity contribution < 1.29 is 14.3 Å². The number of nitrogens with one attached hydrogen (secondary N) is 1. The normalized spacial score (nSPS) is 15.6. The molecule has 28 heavy (non-hydrogen) atoms. The molecule has 0 aliphatic carbocycles. The van der Waals surface area contributed by atoms with Crippen molar-refractivity contribution in [2.24, 2.45) is 0 Å². The van der Waals surface area contributed by atoms with Crippen molar-refractivity contribution in [2.75, 3.05) is 17.7 Å². The van der Waals surface area contributed by atoms with E-state index in [1.165, 1.54) is 11.6 Å². The van der Waals surface area contributed by atoms with Crippen molar-refractivity contribution in [1.82, 2.24) is 9.55 Å². The zero-order valence-electron chi connectivity index (χ0n) is 15.7. The number of esters is 1. The number of nitrogens with zero attached hydrogens (tertiary/aromatic N) is 2. The fourth-order valence-corrected chi connectivity index (χ4v) is 3.24. The topological polar surface area (TPSA) is 127 Å². The Morgan fingerprint density at radius 2 is 2.04 bits per heavy atom. The Morgan fingerprint density at radius 3 is 2.75 bits per heavy atom. The SMILES string of the molecule is CCCCn1c(N)c(N(C)C(=O)[C@@H]2Cc3ccccc3C(=O)O2)c(=O)[nH]c1=O. The van der Waals surface area contributed by atoms with Gasteiger partial charge in [-0.15, -0.1) is 0 Å². The molecule has 1 atom stereocenters. The van der Waals surface area contributed by atoms with Gasteiger partial charge in [-0.3, -0.25) is 19.1 Å². The Hall–Kier alpha value is -3.36. The number of hydrogen-bond acceptors (Lipinski definition) is 6. The van der Waals surface area contributed by atoms with Crippen molar-refractivity contribution in [1.29, 1.82) is 0 Å². The number of nitrogen functional groups attached to an aromatic ring is 1. The third kappa shape index (κ3) is 3.42. The minimum Gasteiger partial charge on any atom is -0.448 e. The summed E-state index contributed by atoms with van der Waals surface area (Å²) < 4.78 is 6.49. The number of anilines is 2. The molecule has 3 N–H and O–H groups in total. The number of aromatic amines is 1. The smallest absolute Gasteiger partial charge is 0.339 e. The lowest BCUT2D eigenvalue weighted by molar-refractivity contribution is -0.127. The average molecular weight is 386 g/mol. The highest BCUT2D eigenvalue weighted by molar-refractivity contribution is 6.02.